The largest absolute Gasteiger partial charge is 0.495 e. The average Bonchev–Trinajstić information content (AvgIpc) is 3.11. The highest BCUT2D eigenvalue weighted by Gasteiger charge is 2.15. The molecule has 1 heterocycles. The van der Waals surface area contributed by atoms with Crippen molar-refractivity contribution < 1.29 is 4.74 Å². The van der Waals surface area contributed by atoms with E-state index in [2.05, 4.69) is 15.5 Å². The molecule has 8 heteroatoms. The van der Waals surface area contributed by atoms with Gasteiger partial charge in [0.15, 0.2) is 4.77 Å². The minimum Gasteiger partial charge on any atom is -0.495 e. The predicted octanol–water partition coefficient (Wildman–Crippen LogP) is 6.58. The number of para-hydroxylation sites is 4. The van der Waals surface area contributed by atoms with Crippen molar-refractivity contribution in [3.63, 3.8) is 0 Å². The molecule has 4 rings (SSSR count). The van der Waals surface area contributed by atoms with Crippen LogP contribution in [0.4, 0.5) is 11.4 Å². The SMILES string of the molecule is COc1ccccc1-n1c(Cc2ccccc2Nc2c(Cl)cccc2Cl)n[nH]c1=S. The van der Waals surface area contributed by atoms with Gasteiger partial charge in [0, 0.05) is 12.1 Å². The molecule has 152 valence electrons. The first kappa shape index (κ1) is 20.5. The molecule has 0 aliphatic heterocycles. The number of halogens is 2. The fourth-order valence-corrected chi connectivity index (χ4v) is 3.97. The first-order valence-corrected chi connectivity index (χ1v) is 10.3. The Morgan fingerprint density at radius 1 is 1.00 bits per heavy atom. The lowest BCUT2D eigenvalue weighted by molar-refractivity contribution is 0.412. The second-order valence-electron chi connectivity index (χ2n) is 6.51. The summed E-state index contributed by atoms with van der Waals surface area (Å²) >= 11 is 18.2. The van der Waals surface area contributed by atoms with Crippen LogP contribution in [0.3, 0.4) is 0 Å². The van der Waals surface area contributed by atoms with Crippen molar-refractivity contribution in [2.75, 3.05) is 12.4 Å². The van der Waals surface area contributed by atoms with Gasteiger partial charge in [-0.2, -0.15) is 5.10 Å². The van der Waals surface area contributed by atoms with Gasteiger partial charge >= 0.3 is 0 Å². The molecule has 0 bridgehead atoms. The molecule has 30 heavy (non-hydrogen) atoms. The van der Waals surface area contributed by atoms with E-state index in [0.717, 1.165) is 22.8 Å². The standard InChI is InChI=1S/C22H18Cl2N4OS/c1-29-19-12-5-4-11-18(19)28-20(26-27-22(28)30)13-14-7-2-3-10-17(14)25-21-15(23)8-6-9-16(21)24/h2-12,25H,13H2,1H3,(H,27,30). The van der Waals surface area contributed by atoms with E-state index in [0.29, 0.717) is 32.7 Å². The topological polar surface area (TPSA) is 54.9 Å². The van der Waals surface area contributed by atoms with Crippen molar-refractivity contribution in [3.8, 4) is 11.4 Å². The van der Waals surface area contributed by atoms with E-state index in [1.54, 1.807) is 19.2 Å². The van der Waals surface area contributed by atoms with Crippen LogP contribution in [0.1, 0.15) is 11.4 Å². The summed E-state index contributed by atoms with van der Waals surface area (Å²) in [6.07, 6.45) is 0.524. The monoisotopic (exact) mass is 456 g/mol. The Morgan fingerprint density at radius 2 is 1.70 bits per heavy atom. The normalized spacial score (nSPS) is 10.8. The third-order valence-electron chi connectivity index (χ3n) is 4.66. The molecule has 2 N–H and O–H groups in total. The zero-order valence-corrected chi connectivity index (χ0v) is 18.4. The highest BCUT2D eigenvalue weighted by atomic mass is 35.5. The van der Waals surface area contributed by atoms with Gasteiger partial charge in [-0.05, 0) is 48.1 Å². The summed E-state index contributed by atoms with van der Waals surface area (Å²) in [7, 11) is 1.63. The van der Waals surface area contributed by atoms with E-state index in [-0.39, 0.29) is 0 Å². The number of methoxy groups -OCH3 is 1. The molecule has 0 aliphatic rings. The second-order valence-corrected chi connectivity index (χ2v) is 7.71. The number of benzene rings is 3. The number of nitrogens with zero attached hydrogens (tertiary/aromatic N) is 2. The van der Waals surface area contributed by atoms with Gasteiger partial charge < -0.3 is 10.1 Å². The summed E-state index contributed by atoms with van der Waals surface area (Å²) in [5.41, 5.74) is 3.39. The van der Waals surface area contributed by atoms with E-state index >= 15 is 0 Å². The lowest BCUT2D eigenvalue weighted by Crippen LogP contribution is -2.06. The molecule has 0 spiro atoms. The van der Waals surface area contributed by atoms with Gasteiger partial charge in [0.05, 0.1) is 28.5 Å². The van der Waals surface area contributed by atoms with Gasteiger partial charge in [-0.1, -0.05) is 59.6 Å². The highest BCUT2D eigenvalue weighted by molar-refractivity contribution is 7.71. The first-order valence-electron chi connectivity index (χ1n) is 9.17. The number of hydrogen-bond donors (Lipinski definition) is 2. The Balaban J connectivity index is 1.73. The van der Waals surface area contributed by atoms with Crippen LogP contribution in [0.15, 0.2) is 66.7 Å². The highest BCUT2D eigenvalue weighted by Crippen LogP contribution is 2.34. The van der Waals surface area contributed by atoms with Crippen LogP contribution in [0.25, 0.3) is 5.69 Å². The van der Waals surface area contributed by atoms with Gasteiger partial charge in [-0.25, -0.2) is 0 Å². The number of ether oxygens (including phenoxy) is 1. The molecule has 3 aromatic carbocycles. The van der Waals surface area contributed by atoms with Crippen LogP contribution in [-0.4, -0.2) is 21.9 Å². The Labute approximate surface area is 189 Å². The van der Waals surface area contributed by atoms with Crippen LogP contribution in [0.2, 0.25) is 10.0 Å². The van der Waals surface area contributed by atoms with Crippen LogP contribution in [0, 0.1) is 4.77 Å². The molecule has 0 amide bonds. The third kappa shape index (κ3) is 4.07. The number of H-pyrrole nitrogens is 1. The molecule has 0 aliphatic carbocycles. The number of aromatic nitrogens is 3. The third-order valence-corrected chi connectivity index (χ3v) is 5.56. The number of aromatic amines is 1. The van der Waals surface area contributed by atoms with E-state index < -0.39 is 0 Å². The molecule has 4 aromatic rings. The Morgan fingerprint density at radius 3 is 2.47 bits per heavy atom. The Bertz CT molecular complexity index is 1230. The molecule has 0 fully saturated rings. The molecule has 0 unspecified atom stereocenters. The molecule has 5 nitrogen and oxygen atoms in total. The first-order chi connectivity index (χ1) is 14.6. The number of anilines is 2. The Kier molecular flexibility index (Phi) is 6.08. The number of nitrogens with one attached hydrogen (secondary N) is 2. The van der Waals surface area contributed by atoms with Gasteiger partial charge in [-0.15, -0.1) is 0 Å². The van der Waals surface area contributed by atoms with Gasteiger partial charge in [-0.3, -0.25) is 9.67 Å². The smallest absolute Gasteiger partial charge is 0.200 e. The van der Waals surface area contributed by atoms with Crippen molar-refractivity contribution in [3.05, 3.63) is 92.9 Å². The van der Waals surface area contributed by atoms with Crippen molar-refractivity contribution >= 4 is 46.8 Å². The molecular formula is C22H18Cl2N4OS. The maximum atomic E-state index is 6.34. The summed E-state index contributed by atoms with van der Waals surface area (Å²) < 4.78 is 7.88. The lowest BCUT2D eigenvalue weighted by Gasteiger charge is -2.15. The summed E-state index contributed by atoms with van der Waals surface area (Å²) in [6.45, 7) is 0. The molecule has 0 saturated carbocycles. The maximum absolute atomic E-state index is 6.34. The van der Waals surface area contributed by atoms with Crippen molar-refractivity contribution in [1.82, 2.24) is 14.8 Å². The fraction of sp³-hybridized carbons (Fsp3) is 0.0909. The summed E-state index contributed by atoms with van der Waals surface area (Å²) in [6, 6.07) is 21.0. The lowest BCUT2D eigenvalue weighted by atomic mass is 10.1. The van der Waals surface area contributed by atoms with Crippen LogP contribution < -0.4 is 10.1 Å². The van der Waals surface area contributed by atoms with Crippen molar-refractivity contribution in [2.45, 2.75) is 6.42 Å². The molecule has 0 saturated heterocycles. The summed E-state index contributed by atoms with van der Waals surface area (Å²) in [4.78, 5) is 0. The van der Waals surface area contributed by atoms with Crippen LogP contribution >= 0.6 is 35.4 Å². The molecule has 0 atom stereocenters. The quantitative estimate of drug-likeness (QED) is 0.321. The average molecular weight is 457 g/mol. The summed E-state index contributed by atoms with van der Waals surface area (Å²) in [5, 5.41) is 11.8. The Hall–Kier alpha value is -2.80. The van der Waals surface area contributed by atoms with E-state index in [1.165, 1.54) is 0 Å². The van der Waals surface area contributed by atoms with Crippen molar-refractivity contribution in [2.24, 2.45) is 0 Å². The fourth-order valence-electron chi connectivity index (χ4n) is 3.23. The molecule has 1 aromatic heterocycles. The van der Waals surface area contributed by atoms with E-state index in [1.807, 2.05) is 59.2 Å². The number of hydrogen-bond acceptors (Lipinski definition) is 4. The van der Waals surface area contributed by atoms with E-state index in [9.17, 15) is 0 Å². The molecule has 0 radical (unpaired) electrons. The van der Waals surface area contributed by atoms with E-state index in [4.69, 9.17) is 40.2 Å². The predicted molar refractivity (Wildman–Crippen MR) is 124 cm³/mol. The summed E-state index contributed by atoms with van der Waals surface area (Å²) in [5.74, 6) is 1.47. The molecular weight excluding hydrogens is 439 g/mol. The maximum Gasteiger partial charge on any atom is 0.200 e. The van der Waals surface area contributed by atoms with Crippen LogP contribution in [-0.2, 0) is 6.42 Å². The van der Waals surface area contributed by atoms with Gasteiger partial charge in [0.25, 0.3) is 0 Å². The van der Waals surface area contributed by atoms with Crippen LogP contribution in [0.5, 0.6) is 5.75 Å². The zero-order chi connectivity index (χ0) is 21.1. The van der Waals surface area contributed by atoms with Gasteiger partial charge in [0.1, 0.15) is 11.6 Å². The van der Waals surface area contributed by atoms with Crippen molar-refractivity contribution in [1.29, 1.82) is 0 Å². The minimum absolute atomic E-state index is 0.495. The number of rotatable bonds is 6. The minimum atomic E-state index is 0.495. The zero-order valence-electron chi connectivity index (χ0n) is 16.0. The second kappa shape index (κ2) is 8.92. The van der Waals surface area contributed by atoms with Gasteiger partial charge in [0.2, 0.25) is 0 Å².